The molecule has 29 heavy (non-hydrogen) atoms. The molecule has 2 atom stereocenters. The quantitative estimate of drug-likeness (QED) is 0.430. The van der Waals surface area contributed by atoms with Crippen molar-refractivity contribution in [3.05, 3.63) is 51.2 Å². The number of nitro groups is 1. The van der Waals surface area contributed by atoms with E-state index in [1.807, 2.05) is 11.8 Å². The van der Waals surface area contributed by atoms with Gasteiger partial charge in [0, 0.05) is 31.5 Å². The Kier molecular flexibility index (Phi) is 5.74. The summed E-state index contributed by atoms with van der Waals surface area (Å²) in [5.74, 6) is 0.0821. The van der Waals surface area contributed by atoms with Gasteiger partial charge in [0.05, 0.1) is 10.5 Å². The van der Waals surface area contributed by atoms with Gasteiger partial charge in [0.25, 0.3) is 0 Å². The lowest BCUT2D eigenvalue weighted by molar-refractivity contribution is -0.383. The number of piperidine rings is 1. The number of anilines is 2. The molecule has 3 rings (SSSR count). The lowest BCUT2D eigenvalue weighted by atomic mass is 9.99. The van der Waals surface area contributed by atoms with Crippen molar-refractivity contribution in [1.29, 1.82) is 0 Å². The third-order valence-electron chi connectivity index (χ3n) is 4.77. The van der Waals surface area contributed by atoms with Crippen molar-refractivity contribution in [3.63, 3.8) is 0 Å². The number of hydrogen-bond donors (Lipinski definition) is 1. The summed E-state index contributed by atoms with van der Waals surface area (Å²) in [5, 5.41) is 11.5. The van der Waals surface area contributed by atoms with Gasteiger partial charge in [0.1, 0.15) is 22.7 Å². The lowest BCUT2D eigenvalue weighted by Gasteiger charge is -2.38. The molecule has 1 aromatic heterocycles. The predicted molar refractivity (Wildman–Crippen MR) is 102 cm³/mol. The maximum atomic E-state index is 12.7. The maximum Gasteiger partial charge on any atom is 0.416 e. The van der Waals surface area contributed by atoms with Gasteiger partial charge in [-0.2, -0.15) is 13.2 Å². The van der Waals surface area contributed by atoms with Crippen molar-refractivity contribution < 1.29 is 22.8 Å². The molecule has 0 amide bonds. The smallest absolute Gasteiger partial charge is 0.416 e. The topological polar surface area (TPSA) is 94.5 Å². The Labute approximate surface area is 169 Å². The van der Waals surface area contributed by atoms with Crippen molar-refractivity contribution in [1.82, 2.24) is 4.98 Å². The van der Waals surface area contributed by atoms with E-state index in [1.165, 1.54) is 18.2 Å². The predicted octanol–water partition coefficient (Wildman–Crippen LogP) is 4.68. The number of ether oxygens (including phenoxy) is 1. The molecule has 0 aliphatic carbocycles. The molecule has 1 fully saturated rings. The first kappa shape index (κ1) is 21.0. The van der Waals surface area contributed by atoms with E-state index in [1.54, 1.807) is 0 Å². The van der Waals surface area contributed by atoms with Gasteiger partial charge in [0.2, 0.25) is 5.82 Å². The van der Waals surface area contributed by atoms with Gasteiger partial charge in [-0.05, 0) is 31.2 Å². The number of nitrogens with two attached hydrogens (primary N) is 1. The second-order valence-electron chi connectivity index (χ2n) is 6.78. The van der Waals surface area contributed by atoms with Gasteiger partial charge in [-0.3, -0.25) is 10.1 Å². The van der Waals surface area contributed by atoms with E-state index in [9.17, 15) is 23.3 Å². The molecule has 7 nitrogen and oxygen atoms in total. The van der Waals surface area contributed by atoms with Gasteiger partial charge in [-0.1, -0.05) is 11.6 Å². The molecule has 2 N–H and O–H groups in total. The molecule has 1 aliphatic heterocycles. The Morgan fingerprint density at radius 1 is 1.34 bits per heavy atom. The number of benzene rings is 1. The summed E-state index contributed by atoms with van der Waals surface area (Å²) in [4.78, 5) is 16.4. The summed E-state index contributed by atoms with van der Waals surface area (Å²) < 4.78 is 43.8. The fraction of sp³-hybridized carbons (Fsp3) is 0.389. The zero-order chi connectivity index (χ0) is 21.3. The van der Waals surface area contributed by atoms with Crippen LogP contribution in [0.25, 0.3) is 0 Å². The van der Waals surface area contributed by atoms with Gasteiger partial charge < -0.3 is 15.4 Å². The Balaban J connectivity index is 1.73. The van der Waals surface area contributed by atoms with E-state index >= 15 is 0 Å². The highest BCUT2D eigenvalue weighted by Crippen LogP contribution is 2.38. The minimum Gasteiger partial charge on any atom is -0.490 e. The Hall–Kier alpha value is -2.75. The summed E-state index contributed by atoms with van der Waals surface area (Å²) in [6.45, 7) is 2.30. The first-order chi connectivity index (χ1) is 13.6. The van der Waals surface area contributed by atoms with Gasteiger partial charge in [0.15, 0.2) is 0 Å². The Morgan fingerprint density at radius 2 is 2.00 bits per heavy atom. The first-order valence-corrected chi connectivity index (χ1v) is 9.15. The molecule has 1 aromatic carbocycles. The molecule has 1 aliphatic rings. The second kappa shape index (κ2) is 7.94. The number of halogens is 4. The van der Waals surface area contributed by atoms with Crippen LogP contribution in [0.3, 0.4) is 0 Å². The van der Waals surface area contributed by atoms with Gasteiger partial charge in [-0.15, -0.1) is 0 Å². The van der Waals surface area contributed by atoms with Crippen molar-refractivity contribution in [2.45, 2.75) is 38.1 Å². The summed E-state index contributed by atoms with van der Waals surface area (Å²) >= 11 is 5.93. The summed E-state index contributed by atoms with van der Waals surface area (Å²) in [5.41, 5.74) is 4.92. The van der Waals surface area contributed by atoms with E-state index in [0.29, 0.717) is 25.1 Å². The van der Waals surface area contributed by atoms with Gasteiger partial charge in [-0.25, -0.2) is 4.98 Å². The molecular formula is C18H18ClF3N4O3. The molecule has 11 heteroatoms. The highest BCUT2D eigenvalue weighted by molar-refractivity contribution is 6.30. The minimum absolute atomic E-state index is 0.0541. The number of aromatic nitrogens is 1. The summed E-state index contributed by atoms with van der Waals surface area (Å²) in [7, 11) is 0. The number of hydrogen-bond acceptors (Lipinski definition) is 6. The molecule has 1 saturated heterocycles. The molecule has 2 heterocycles. The molecular weight excluding hydrogens is 413 g/mol. The molecule has 156 valence electrons. The number of nitrogens with zero attached hydrogens (tertiary/aromatic N) is 3. The van der Waals surface area contributed by atoms with E-state index in [-0.39, 0.29) is 34.5 Å². The number of nitrogen functional groups attached to an aromatic ring is 1. The average molecular weight is 431 g/mol. The van der Waals surface area contributed by atoms with Crippen molar-refractivity contribution in [2.24, 2.45) is 0 Å². The van der Waals surface area contributed by atoms with Crippen LogP contribution in [0.2, 0.25) is 5.15 Å². The van der Waals surface area contributed by atoms with Crippen LogP contribution in [0.4, 0.5) is 30.4 Å². The fourth-order valence-corrected chi connectivity index (χ4v) is 3.62. The Morgan fingerprint density at radius 3 is 2.55 bits per heavy atom. The summed E-state index contributed by atoms with van der Waals surface area (Å²) in [6, 6.07) is 5.77. The van der Waals surface area contributed by atoms with Crippen molar-refractivity contribution >= 4 is 28.8 Å². The maximum absolute atomic E-state index is 12.7. The standard InChI is InChI=1S/C18H18ClF3N4O3/c1-10-8-13(29-12-4-2-11(3-5-12)18(20,21)22)6-7-25(10)14-9-15(19)24-17(23)16(14)26(27)28/h2-5,9-10,13H,6-8H2,1H3,(H2,23,24)/t10-,13-/m0/s1. The molecule has 2 aromatic rings. The van der Waals surface area contributed by atoms with E-state index in [2.05, 4.69) is 4.98 Å². The summed E-state index contributed by atoms with van der Waals surface area (Å²) in [6.07, 6.45) is -3.62. The zero-order valence-corrected chi connectivity index (χ0v) is 16.1. The molecule has 0 bridgehead atoms. The van der Waals surface area contributed by atoms with E-state index in [4.69, 9.17) is 22.1 Å². The highest BCUT2D eigenvalue weighted by atomic mass is 35.5. The molecule has 0 spiro atoms. The van der Waals surface area contributed by atoms with Crippen LogP contribution in [-0.4, -0.2) is 28.6 Å². The van der Waals surface area contributed by atoms with Crippen LogP contribution in [0.5, 0.6) is 5.75 Å². The second-order valence-corrected chi connectivity index (χ2v) is 7.17. The lowest BCUT2D eigenvalue weighted by Crippen LogP contribution is -2.44. The van der Waals surface area contributed by atoms with Crippen LogP contribution in [0.1, 0.15) is 25.3 Å². The Bertz CT molecular complexity index is 908. The SMILES string of the molecule is C[C@H]1C[C@@H](Oc2ccc(C(F)(F)F)cc2)CCN1c1cc(Cl)nc(N)c1[N+](=O)[O-]. The normalized spacial score (nSPS) is 19.8. The third kappa shape index (κ3) is 4.64. The van der Waals surface area contributed by atoms with Crippen molar-refractivity contribution in [3.8, 4) is 5.75 Å². The largest absolute Gasteiger partial charge is 0.490 e. The number of rotatable bonds is 4. The van der Waals surface area contributed by atoms with Crippen molar-refractivity contribution in [2.75, 3.05) is 17.2 Å². The van der Waals surface area contributed by atoms with Crippen LogP contribution < -0.4 is 15.4 Å². The van der Waals surface area contributed by atoms with Crippen LogP contribution in [-0.2, 0) is 6.18 Å². The van der Waals surface area contributed by atoms with Crippen LogP contribution >= 0.6 is 11.6 Å². The molecule has 0 saturated carbocycles. The monoisotopic (exact) mass is 430 g/mol. The van der Waals surface area contributed by atoms with E-state index in [0.717, 1.165) is 12.1 Å². The molecule has 0 unspecified atom stereocenters. The average Bonchev–Trinajstić information content (AvgIpc) is 2.60. The van der Waals surface area contributed by atoms with Crippen LogP contribution in [0.15, 0.2) is 30.3 Å². The fourth-order valence-electron chi connectivity index (χ4n) is 3.43. The first-order valence-electron chi connectivity index (χ1n) is 8.77. The molecule has 0 radical (unpaired) electrons. The highest BCUT2D eigenvalue weighted by Gasteiger charge is 2.33. The van der Waals surface area contributed by atoms with Crippen LogP contribution in [0, 0.1) is 10.1 Å². The number of alkyl halides is 3. The van der Waals surface area contributed by atoms with Gasteiger partial charge >= 0.3 is 11.9 Å². The van der Waals surface area contributed by atoms with E-state index < -0.39 is 16.7 Å². The zero-order valence-electron chi connectivity index (χ0n) is 15.3. The third-order valence-corrected chi connectivity index (χ3v) is 4.97. The number of pyridine rings is 1. The minimum atomic E-state index is -4.40.